The number of aliphatic hydroxyl groups excluding tert-OH is 1. The predicted octanol–water partition coefficient (Wildman–Crippen LogP) is 1.11. The number of hydrogen-bond donors (Lipinski definition) is 1. The molecule has 1 aliphatic heterocycles. The van der Waals surface area contributed by atoms with Crippen molar-refractivity contribution in [2.24, 2.45) is 11.8 Å². The van der Waals surface area contributed by atoms with Gasteiger partial charge < -0.3 is 9.84 Å². The Labute approximate surface area is 185 Å². The molecule has 172 valence electrons. The van der Waals surface area contributed by atoms with E-state index < -0.39 is 32.2 Å². The molecule has 2 aliphatic rings. The summed E-state index contributed by atoms with van der Waals surface area (Å²) in [6, 6.07) is 4.10. The second kappa shape index (κ2) is 9.08. The van der Waals surface area contributed by atoms with Crippen molar-refractivity contribution in [2.75, 3.05) is 33.0 Å². The highest BCUT2D eigenvalue weighted by Gasteiger charge is 2.38. The van der Waals surface area contributed by atoms with Crippen LogP contribution >= 0.6 is 0 Å². The predicted molar refractivity (Wildman–Crippen MR) is 118 cm³/mol. The number of fused-ring (bicyclic) bond motifs is 1. The van der Waals surface area contributed by atoms with Gasteiger partial charge in [-0.3, -0.25) is 0 Å². The molecule has 10 heteroatoms. The highest BCUT2D eigenvalue weighted by atomic mass is 32.2. The van der Waals surface area contributed by atoms with E-state index in [0.717, 1.165) is 19.1 Å². The molecule has 1 saturated carbocycles. The zero-order valence-corrected chi connectivity index (χ0v) is 19.9. The third kappa shape index (κ3) is 5.59. The third-order valence-electron chi connectivity index (χ3n) is 5.67. The van der Waals surface area contributed by atoms with Crippen LogP contribution in [-0.4, -0.2) is 75.7 Å². The molecule has 8 nitrogen and oxygen atoms in total. The fraction of sp³-hybridized carbons (Fsp3) is 0.619. The maximum Gasteiger partial charge on any atom is 0.247 e. The van der Waals surface area contributed by atoms with E-state index in [1.165, 1.54) is 21.7 Å². The van der Waals surface area contributed by atoms with Crippen LogP contribution in [0.4, 0.5) is 0 Å². The quantitative estimate of drug-likeness (QED) is 0.647. The van der Waals surface area contributed by atoms with Crippen LogP contribution < -0.4 is 4.74 Å². The standard InChI is InChI=1S/C21H30N2O6S2/c1-15-12-23(16(2)14-24)31(27,28)21-10-9-18(8-7-17-5-6-17)11-19(21)29-20(15)13-22(3)30(4,25)26/h9-11,15-17,20,24H,5-6,12-14H2,1-4H3/t15-,16+,20-/m1/s1. The van der Waals surface area contributed by atoms with E-state index in [9.17, 15) is 21.9 Å². The number of ether oxygens (including phenoxy) is 1. The molecular weight excluding hydrogens is 440 g/mol. The van der Waals surface area contributed by atoms with Gasteiger partial charge in [-0.1, -0.05) is 18.8 Å². The number of hydrogen-bond acceptors (Lipinski definition) is 6. The Balaban J connectivity index is 2.07. The molecule has 0 unspecified atom stereocenters. The minimum Gasteiger partial charge on any atom is -0.487 e. The second-order valence-electron chi connectivity index (χ2n) is 8.49. The molecule has 1 fully saturated rings. The highest BCUT2D eigenvalue weighted by Crippen LogP contribution is 2.34. The summed E-state index contributed by atoms with van der Waals surface area (Å²) in [5.41, 5.74) is 0.644. The Hall–Kier alpha value is -1.64. The third-order valence-corrected chi connectivity index (χ3v) is 8.97. The van der Waals surface area contributed by atoms with Crippen LogP contribution in [0.2, 0.25) is 0 Å². The summed E-state index contributed by atoms with van der Waals surface area (Å²) in [7, 11) is -5.91. The fourth-order valence-electron chi connectivity index (χ4n) is 3.32. The van der Waals surface area contributed by atoms with Gasteiger partial charge in [-0.15, -0.1) is 0 Å². The average molecular weight is 471 g/mol. The van der Waals surface area contributed by atoms with Gasteiger partial charge in [0, 0.05) is 37.0 Å². The molecule has 0 radical (unpaired) electrons. The average Bonchev–Trinajstić information content (AvgIpc) is 3.52. The molecule has 3 rings (SSSR count). The Morgan fingerprint density at radius 1 is 1.35 bits per heavy atom. The van der Waals surface area contributed by atoms with Gasteiger partial charge in [-0.25, -0.2) is 21.1 Å². The smallest absolute Gasteiger partial charge is 0.247 e. The molecule has 31 heavy (non-hydrogen) atoms. The lowest BCUT2D eigenvalue weighted by molar-refractivity contribution is 0.0905. The SMILES string of the molecule is C[C@@H]1CN([C@@H](C)CO)S(=O)(=O)c2ccc(C#CC3CC3)cc2O[C@@H]1CN(C)S(C)(=O)=O. The number of sulfonamides is 2. The Kier molecular flexibility index (Phi) is 7.03. The minimum absolute atomic E-state index is 0.0105. The fourth-order valence-corrected chi connectivity index (χ4v) is 5.57. The van der Waals surface area contributed by atoms with Gasteiger partial charge in [0.15, 0.2) is 0 Å². The maximum atomic E-state index is 13.4. The molecule has 1 aliphatic carbocycles. The Bertz CT molecular complexity index is 1090. The van der Waals surface area contributed by atoms with Crippen LogP contribution in [0.3, 0.4) is 0 Å². The number of likely N-dealkylation sites (N-methyl/N-ethyl adjacent to an activating group) is 1. The first-order chi connectivity index (χ1) is 14.4. The van der Waals surface area contributed by atoms with E-state index in [0.29, 0.717) is 11.5 Å². The van der Waals surface area contributed by atoms with Crippen LogP contribution in [0.25, 0.3) is 0 Å². The summed E-state index contributed by atoms with van der Waals surface area (Å²) in [4.78, 5) is -0.0105. The summed E-state index contributed by atoms with van der Waals surface area (Å²) >= 11 is 0. The van der Waals surface area contributed by atoms with Crippen molar-refractivity contribution >= 4 is 20.0 Å². The first kappa shape index (κ1) is 24.0. The van der Waals surface area contributed by atoms with Gasteiger partial charge in [-0.2, -0.15) is 4.31 Å². The lowest BCUT2D eigenvalue weighted by Gasteiger charge is -2.37. The topological polar surface area (TPSA) is 104 Å². The van der Waals surface area contributed by atoms with Crippen molar-refractivity contribution < 1.29 is 26.7 Å². The van der Waals surface area contributed by atoms with Gasteiger partial charge in [0.05, 0.1) is 19.4 Å². The van der Waals surface area contributed by atoms with E-state index in [1.807, 2.05) is 6.92 Å². The molecule has 3 atom stereocenters. The zero-order chi connectivity index (χ0) is 23.0. The summed E-state index contributed by atoms with van der Waals surface area (Å²) < 4.78 is 59.3. The number of rotatable bonds is 5. The van der Waals surface area contributed by atoms with Crippen LogP contribution in [-0.2, 0) is 20.0 Å². The van der Waals surface area contributed by atoms with Crippen molar-refractivity contribution in [3.63, 3.8) is 0 Å². The molecule has 1 aromatic carbocycles. The van der Waals surface area contributed by atoms with E-state index in [-0.39, 0.29) is 36.3 Å². The van der Waals surface area contributed by atoms with Crippen LogP contribution in [0.15, 0.2) is 23.1 Å². The van der Waals surface area contributed by atoms with Crippen LogP contribution in [0.5, 0.6) is 5.75 Å². The summed E-state index contributed by atoms with van der Waals surface area (Å²) in [5.74, 6) is 6.43. The monoisotopic (exact) mass is 470 g/mol. The largest absolute Gasteiger partial charge is 0.487 e. The molecule has 0 aromatic heterocycles. The highest BCUT2D eigenvalue weighted by molar-refractivity contribution is 7.89. The molecule has 0 spiro atoms. The van der Waals surface area contributed by atoms with Crippen molar-refractivity contribution in [3.05, 3.63) is 23.8 Å². The van der Waals surface area contributed by atoms with Crippen molar-refractivity contribution in [1.29, 1.82) is 0 Å². The van der Waals surface area contributed by atoms with E-state index in [2.05, 4.69) is 11.8 Å². The van der Waals surface area contributed by atoms with E-state index >= 15 is 0 Å². The lowest BCUT2D eigenvalue weighted by Crippen LogP contribution is -2.50. The number of benzene rings is 1. The lowest BCUT2D eigenvalue weighted by atomic mass is 10.0. The summed E-state index contributed by atoms with van der Waals surface area (Å²) in [6.45, 7) is 3.28. The minimum atomic E-state index is -3.93. The Morgan fingerprint density at radius 3 is 2.61 bits per heavy atom. The van der Waals surface area contributed by atoms with E-state index in [1.54, 1.807) is 19.1 Å². The number of aliphatic hydroxyl groups is 1. The molecule has 0 saturated heterocycles. The maximum absolute atomic E-state index is 13.4. The first-order valence-electron chi connectivity index (χ1n) is 10.3. The van der Waals surface area contributed by atoms with Crippen molar-refractivity contribution in [3.8, 4) is 17.6 Å². The second-order valence-corrected chi connectivity index (χ2v) is 12.4. The van der Waals surface area contributed by atoms with E-state index in [4.69, 9.17) is 4.74 Å². The van der Waals surface area contributed by atoms with Crippen LogP contribution in [0, 0.1) is 23.7 Å². The van der Waals surface area contributed by atoms with Gasteiger partial charge >= 0.3 is 0 Å². The number of nitrogens with zero attached hydrogens (tertiary/aromatic N) is 2. The van der Waals surface area contributed by atoms with Gasteiger partial charge in [-0.05, 0) is 38.0 Å². The summed E-state index contributed by atoms with van der Waals surface area (Å²) in [6.07, 6.45) is 2.68. The summed E-state index contributed by atoms with van der Waals surface area (Å²) in [5, 5.41) is 9.66. The molecule has 1 aromatic rings. The first-order valence-corrected chi connectivity index (χ1v) is 13.6. The van der Waals surface area contributed by atoms with Crippen LogP contribution in [0.1, 0.15) is 32.3 Å². The van der Waals surface area contributed by atoms with Crippen molar-refractivity contribution in [2.45, 2.75) is 43.7 Å². The van der Waals surface area contributed by atoms with Gasteiger partial charge in [0.2, 0.25) is 20.0 Å². The van der Waals surface area contributed by atoms with Gasteiger partial charge in [0.1, 0.15) is 16.7 Å². The normalized spacial score (nSPS) is 24.8. The van der Waals surface area contributed by atoms with Crippen molar-refractivity contribution in [1.82, 2.24) is 8.61 Å². The van der Waals surface area contributed by atoms with Gasteiger partial charge in [0.25, 0.3) is 0 Å². The molecular formula is C21H30N2O6S2. The molecule has 0 bridgehead atoms. The molecule has 1 N–H and O–H groups in total. The molecule has 1 heterocycles. The Morgan fingerprint density at radius 2 is 2.03 bits per heavy atom. The molecule has 0 amide bonds. The zero-order valence-electron chi connectivity index (χ0n) is 18.3.